The van der Waals surface area contributed by atoms with E-state index in [0.717, 1.165) is 11.8 Å². The summed E-state index contributed by atoms with van der Waals surface area (Å²) in [6, 6.07) is 2.71. The molecule has 21 heavy (non-hydrogen) atoms. The van der Waals surface area contributed by atoms with Crippen molar-refractivity contribution in [2.24, 2.45) is 0 Å². The average molecular weight is 315 g/mol. The van der Waals surface area contributed by atoms with Crippen LogP contribution in [0, 0.1) is 0 Å². The summed E-state index contributed by atoms with van der Waals surface area (Å²) < 4.78 is 21.0. The monoisotopic (exact) mass is 315 g/mol. The highest BCUT2D eigenvalue weighted by Crippen LogP contribution is 2.31. The van der Waals surface area contributed by atoms with Crippen LogP contribution in [0.25, 0.3) is 0 Å². The fraction of sp³-hybridized carbons (Fsp3) is 0.308. The Bertz CT molecular complexity index is 651. The van der Waals surface area contributed by atoms with E-state index in [0.29, 0.717) is 0 Å². The topological polar surface area (TPSA) is 116 Å². The molecule has 2 amide bonds. The highest BCUT2D eigenvalue weighted by Gasteiger charge is 2.19. The van der Waals surface area contributed by atoms with Crippen molar-refractivity contribution in [3.05, 3.63) is 18.2 Å². The highest BCUT2D eigenvalue weighted by molar-refractivity contribution is 7.99. The largest absolute Gasteiger partial charge is 0.507 e. The number of rotatable bonds is 6. The van der Waals surface area contributed by atoms with Gasteiger partial charge in [-0.1, -0.05) is 0 Å². The molecule has 0 aliphatic heterocycles. The van der Waals surface area contributed by atoms with Gasteiger partial charge in [0.1, 0.15) is 11.8 Å². The lowest BCUT2D eigenvalue weighted by Crippen LogP contribution is -2.41. The average Bonchev–Trinajstić information content (AvgIpc) is 2.44. The number of amides is 2. The molecular formula is C13H16N2O5S. The number of carbonyl (C=O) groups excluding carboxylic acids is 2. The Labute approximate surface area is 129 Å². The van der Waals surface area contributed by atoms with Crippen LogP contribution in [0.1, 0.15) is 17.9 Å². The summed E-state index contributed by atoms with van der Waals surface area (Å²) in [6.07, 6.45) is 0. The minimum Gasteiger partial charge on any atom is -0.507 e. The van der Waals surface area contributed by atoms with Crippen LogP contribution in [0.5, 0.6) is 5.75 Å². The first-order valence-electron chi connectivity index (χ1n) is 7.28. The van der Waals surface area contributed by atoms with Gasteiger partial charge in [0.05, 0.1) is 4.90 Å². The summed E-state index contributed by atoms with van der Waals surface area (Å²) in [6.45, 7) is -1.63. The van der Waals surface area contributed by atoms with E-state index in [4.69, 9.17) is 9.22 Å². The Hall–Kier alpha value is -2.22. The first kappa shape index (κ1) is 12.5. The van der Waals surface area contributed by atoms with Gasteiger partial charge in [-0.05, 0) is 18.2 Å². The summed E-state index contributed by atoms with van der Waals surface area (Å²) in [5, 5.41) is 23.2. The second-order valence-corrected chi connectivity index (χ2v) is 5.10. The number of phenolic OH excluding ortho intramolecular Hbond substituents is 1. The summed E-state index contributed by atoms with van der Waals surface area (Å²) >= 11 is 0.937. The van der Waals surface area contributed by atoms with Gasteiger partial charge in [0, 0.05) is 29.3 Å². The van der Waals surface area contributed by atoms with Crippen molar-refractivity contribution in [2.45, 2.75) is 24.7 Å². The third-order valence-electron chi connectivity index (χ3n) is 2.30. The molecule has 1 aromatic rings. The molecule has 7 nitrogen and oxygen atoms in total. The van der Waals surface area contributed by atoms with E-state index in [1.807, 2.05) is 0 Å². The zero-order chi connectivity index (χ0) is 18.5. The van der Waals surface area contributed by atoms with Crippen LogP contribution in [0.4, 0.5) is 5.69 Å². The first-order chi connectivity index (χ1) is 11.0. The molecule has 0 saturated carbocycles. The Morgan fingerprint density at radius 1 is 1.38 bits per heavy atom. The van der Waals surface area contributed by atoms with E-state index >= 15 is 0 Å². The van der Waals surface area contributed by atoms with Crippen LogP contribution in [-0.4, -0.2) is 39.8 Å². The lowest BCUT2D eigenvalue weighted by Gasteiger charge is -2.14. The van der Waals surface area contributed by atoms with Gasteiger partial charge in [0.25, 0.3) is 0 Å². The summed E-state index contributed by atoms with van der Waals surface area (Å²) in [5.74, 6) is -3.15. The molecule has 0 aliphatic carbocycles. The van der Waals surface area contributed by atoms with Crippen molar-refractivity contribution in [2.75, 3.05) is 11.1 Å². The van der Waals surface area contributed by atoms with Gasteiger partial charge in [-0.15, -0.1) is 11.8 Å². The van der Waals surface area contributed by atoms with Crippen molar-refractivity contribution in [1.82, 2.24) is 5.32 Å². The molecule has 0 aliphatic rings. The van der Waals surface area contributed by atoms with Crippen LogP contribution in [0.15, 0.2) is 23.1 Å². The molecule has 1 atom stereocenters. The molecular weight excluding hydrogens is 296 g/mol. The Balaban J connectivity index is 2.84. The third-order valence-corrected chi connectivity index (χ3v) is 3.44. The second-order valence-electron chi connectivity index (χ2n) is 4.04. The fourth-order valence-electron chi connectivity index (χ4n) is 1.43. The van der Waals surface area contributed by atoms with Gasteiger partial charge in [-0.3, -0.25) is 9.59 Å². The highest BCUT2D eigenvalue weighted by atomic mass is 32.2. The number of hydrogen-bond donors (Lipinski definition) is 4. The maximum absolute atomic E-state index is 11.4. The van der Waals surface area contributed by atoms with Crippen molar-refractivity contribution in [1.29, 1.82) is 0 Å². The minimum atomic E-state index is -2.81. The number of thioether (sulfide) groups is 1. The summed E-state index contributed by atoms with van der Waals surface area (Å²) in [5.41, 5.74) is 0.142. The molecule has 1 aromatic carbocycles. The van der Waals surface area contributed by atoms with Crippen LogP contribution >= 0.6 is 11.8 Å². The zero-order valence-corrected chi connectivity index (χ0v) is 11.9. The molecule has 0 spiro atoms. The van der Waals surface area contributed by atoms with Crippen LogP contribution in [-0.2, 0) is 14.4 Å². The summed E-state index contributed by atoms with van der Waals surface area (Å²) in [7, 11) is 0. The van der Waals surface area contributed by atoms with Crippen LogP contribution in [0.2, 0.25) is 0 Å². The van der Waals surface area contributed by atoms with E-state index in [2.05, 4.69) is 10.6 Å². The molecule has 0 heterocycles. The number of carboxylic acid groups (broad SMARTS) is 1. The molecule has 0 radical (unpaired) electrons. The predicted octanol–water partition coefficient (Wildman–Crippen LogP) is 1.03. The van der Waals surface area contributed by atoms with Gasteiger partial charge in [-0.25, -0.2) is 4.79 Å². The molecule has 0 fully saturated rings. The summed E-state index contributed by atoms with van der Waals surface area (Å²) in [4.78, 5) is 33.7. The Kier molecular flexibility index (Phi) is 4.49. The normalized spacial score (nSPS) is 14.2. The molecule has 114 valence electrons. The molecule has 0 aromatic heterocycles. The number of hydrogen-bond acceptors (Lipinski definition) is 5. The molecule has 1 rings (SSSR count). The number of nitrogens with one attached hydrogen (secondary N) is 2. The molecule has 4 N–H and O–H groups in total. The number of anilines is 1. The third kappa shape index (κ3) is 5.74. The smallest absolute Gasteiger partial charge is 0.327 e. The number of phenols is 1. The number of carboxylic acids is 1. The van der Waals surface area contributed by atoms with Gasteiger partial charge >= 0.3 is 5.97 Å². The van der Waals surface area contributed by atoms with Crippen molar-refractivity contribution >= 4 is 35.2 Å². The van der Waals surface area contributed by atoms with Crippen molar-refractivity contribution in [3.63, 3.8) is 0 Å². The Morgan fingerprint density at radius 2 is 2.10 bits per heavy atom. The van der Waals surface area contributed by atoms with E-state index in [9.17, 15) is 19.5 Å². The van der Waals surface area contributed by atoms with Gasteiger partial charge in [0.2, 0.25) is 11.8 Å². The van der Waals surface area contributed by atoms with Gasteiger partial charge in [-0.2, -0.15) is 0 Å². The maximum atomic E-state index is 11.4. The number of carbonyl (C=O) groups is 3. The quantitative estimate of drug-likeness (QED) is 0.460. The molecule has 8 heteroatoms. The van der Waals surface area contributed by atoms with E-state index in [-0.39, 0.29) is 22.1 Å². The molecule has 0 bridgehead atoms. The number of aliphatic carboxylic acids is 1. The van der Waals surface area contributed by atoms with Crippen molar-refractivity contribution in [3.8, 4) is 5.75 Å². The zero-order valence-electron chi connectivity index (χ0n) is 14.0. The fourth-order valence-corrected chi connectivity index (χ4v) is 2.43. The minimum absolute atomic E-state index is 0.0703. The van der Waals surface area contributed by atoms with E-state index in [1.54, 1.807) is 0 Å². The van der Waals surface area contributed by atoms with E-state index < -0.39 is 30.7 Å². The maximum Gasteiger partial charge on any atom is 0.327 e. The van der Waals surface area contributed by atoms with Gasteiger partial charge < -0.3 is 20.8 Å². The molecule has 1 unspecified atom stereocenters. The van der Waals surface area contributed by atoms with Crippen LogP contribution in [0.3, 0.4) is 0 Å². The standard InChI is InChI=1S/C13H16N2O5S/c1-7(16)14-9-3-4-11(18)12(5-9)21-6-10(13(19)20)15-8(2)17/h3-5,10,18H,6H2,1-2H3,(H,14,16)(H,15,17)(H,19,20)/i1D3. The SMILES string of the molecule is [2H]C([2H])([2H])C(=O)Nc1ccc(O)c(SCC(NC(C)=O)C(=O)O)c1. The van der Waals surface area contributed by atoms with E-state index in [1.165, 1.54) is 25.1 Å². The van der Waals surface area contributed by atoms with Crippen molar-refractivity contribution < 1.29 is 28.7 Å². The van der Waals surface area contributed by atoms with Gasteiger partial charge in [0.15, 0.2) is 0 Å². The first-order valence-corrected chi connectivity index (χ1v) is 6.76. The predicted molar refractivity (Wildman–Crippen MR) is 78.4 cm³/mol. The number of benzene rings is 1. The number of aromatic hydroxyl groups is 1. The van der Waals surface area contributed by atoms with Crippen LogP contribution < -0.4 is 10.6 Å². The second kappa shape index (κ2) is 7.53. The lowest BCUT2D eigenvalue weighted by molar-refractivity contribution is -0.140. The molecule has 0 saturated heterocycles. The Morgan fingerprint density at radius 3 is 2.67 bits per heavy atom. The lowest BCUT2D eigenvalue weighted by atomic mass is 10.3.